The molecule has 8 nitrogen and oxygen atoms in total. The Morgan fingerprint density at radius 1 is 1.23 bits per heavy atom. The summed E-state index contributed by atoms with van der Waals surface area (Å²) in [5.74, 6) is 0.754. The van der Waals surface area contributed by atoms with Gasteiger partial charge in [0.1, 0.15) is 22.5 Å². The lowest BCUT2D eigenvalue weighted by Crippen LogP contribution is -2.42. The lowest BCUT2D eigenvalue weighted by Gasteiger charge is -2.32. The van der Waals surface area contributed by atoms with E-state index >= 15 is 0 Å². The Labute approximate surface area is 190 Å². The number of sulfonamides is 1. The predicted molar refractivity (Wildman–Crippen MR) is 116 cm³/mol. The number of hydrogen-bond donors (Lipinski definition) is 1. The zero-order chi connectivity index (χ0) is 22.6. The first-order chi connectivity index (χ1) is 14.7. The minimum absolute atomic E-state index is 0.00571. The fourth-order valence-electron chi connectivity index (χ4n) is 3.32. The molecule has 0 atom stereocenters. The van der Waals surface area contributed by atoms with E-state index in [4.69, 9.17) is 32.4 Å². The van der Waals surface area contributed by atoms with Gasteiger partial charge in [-0.25, -0.2) is 17.9 Å². The summed E-state index contributed by atoms with van der Waals surface area (Å²) in [5.41, 5.74) is -0.469. The second kappa shape index (κ2) is 10.0. The smallest absolute Gasteiger partial charge is 0.339 e. The van der Waals surface area contributed by atoms with Crippen molar-refractivity contribution in [2.24, 2.45) is 0 Å². The number of carbonyl (C=O) groups excluding carboxylic acids is 1. The number of amides is 1. The third-order valence-corrected chi connectivity index (χ3v) is 7.20. The highest BCUT2D eigenvalue weighted by molar-refractivity contribution is 7.89. The summed E-state index contributed by atoms with van der Waals surface area (Å²) >= 11 is 11.9. The first-order valence-corrected chi connectivity index (χ1v) is 11.9. The van der Waals surface area contributed by atoms with Gasteiger partial charge in [-0.1, -0.05) is 29.3 Å². The predicted octanol–water partition coefficient (Wildman–Crippen LogP) is 2.99. The van der Waals surface area contributed by atoms with Gasteiger partial charge in [-0.2, -0.15) is 0 Å². The van der Waals surface area contributed by atoms with Gasteiger partial charge in [-0.05, 0) is 19.1 Å². The molecule has 1 N–H and O–H groups in total. The van der Waals surface area contributed by atoms with Crippen LogP contribution in [-0.2, 0) is 14.8 Å². The number of ether oxygens (including phenoxy) is 1. The van der Waals surface area contributed by atoms with E-state index < -0.39 is 15.6 Å². The second-order valence-electron chi connectivity index (χ2n) is 7.12. The molecule has 1 aliphatic heterocycles. The van der Waals surface area contributed by atoms with Crippen LogP contribution in [0.5, 0.6) is 5.75 Å². The van der Waals surface area contributed by atoms with E-state index in [0.29, 0.717) is 37.4 Å². The lowest BCUT2D eigenvalue weighted by atomic mass is 10.1. The van der Waals surface area contributed by atoms with Crippen LogP contribution in [0.25, 0.3) is 0 Å². The largest absolute Gasteiger partial charge is 0.490 e. The van der Waals surface area contributed by atoms with Crippen LogP contribution in [0, 0.1) is 6.92 Å². The highest BCUT2D eigenvalue weighted by Gasteiger charge is 2.25. The van der Waals surface area contributed by atoms with E-state index in [0.717, 1.165) is 0 Å². The molecule has 1 aliphatic rings. The van der Waals surface area contributed by atoms with Crippen molar-refractivity contribution in [1.29, 1.82) is 0 Å². The molecule has 0 unspecified atom stereocenters. The van der Waals surface area contributed by atoms with Gasteiger partial charge in [-0.3, -0.25) is 4.79 Å². The fraction of sp³-hybridized carbons (Fsp3) is 0.400. The van der Waals surface area contributed by atoms with Gasteiger partial charge in [0, 0.05) is 45.0 Å². The van der Waals surface area contributed by atoms with Gasteiger partial charge in [-0.15, -0.1) is 0 Å². The summed E-state index contributed by atoms with van der Waals surface area (Å²) in [6.45, 7) is 2.56. The first-order valence-electron chi connectivity index (χ1n) is 9.65. The van der Waals surface area contributed by atoms with Gasteiger partial charge >= 0.3 is 5.63 Å². The standard InChI is InChI=1S/C20H22Cl2N2O6S/c1-13-11-15(12-19(26)29-13)30-14-6-9-24(10-7-14)18(25)5-8-23-31(27,28)20-16(21)3-2-4-17(20)22/h2-4,11-12,14,23H,5-10H2,1H3. The maximum Gasteiger partial charge on any atom is 0.339 e. The zero-order valence-corrected chi connectivity index (χ0v) is 19.1. The van der Waals surface area contributed by atoms with Crippen molar-refractivity contribution in [1.82, 2.24) is 9.62 Å². The molecular formula is C20H22Cl2N2O6S. The highest BCUT2D eigenvalue weighted by atomic mass is 35.5. The minimum atomic E-state index is -3.94. The second-order valence-corrected chi connectivity index (χ2v) is 9.64. The van der Waals surface area contributed by atoms with Crippen molar-refractivity contribution in [3.05, 3.63) is 56.6 Å². The molecule has 0 bridgehead atoms. The van der Waals surface area contributed by atoms with Crippen molar-refractivity contribution in [2.45, 2.75) is 37.2 Å². The van der Waals surface area contributed by atoms with Crippen molar-refractivity contribution in [3.8, 4) is 5.75 Å². The average molecular weight is 489 g/mol. The molecule has 1 fully saturated rings. The fourth-order valence-corrected chi connectivity index (χ4v) is 5.49. The Morgan fingerprint density at radius 2 is 1.87 bits per heavy atom. The Morgan fingerprint density at radius 3 is 2.48 bits per heavy atom. The maximum atomic E-state index is 12.5. The van der Waals surface area contributed by atoms with Crippen molar-refractivity contribution in [3.63, 3.8) is 0 Å². The van der Waals surface area contributed by atoms with Crippen LogP contribution in [0.1, 0.15) is 25.0 Å². The summed E-state index contributed by atoms with van der Waals surface area (Å²) in [7, 11) is -3.94. The number of nitrogens with one attached hydrogen (secondary N) is 1. The minimum Gasteiger partial charge on any atom is -0.490 e. The normalized spacial score (nSPS) is 15.1. The van der Waals surface area contributed by atoms with Gasteiger partial charge in [0.2, 0.25) is 15.9 Å². The molecule has 0 radical (unpaired) electrons. The third kappa shape index (κ3) is 6.22. The molecule has 168 valence electrons. The molecule has 2 aromatic rings. The Balaban J connectivity index is 1.47. The molecule has 31 heavy (non-hydrogen) atoms. The lowest BCUT2D eigenvalue weighted by molar-refractivity contribution is -0.132. The summed E-state index contributed by atoms with van der Waals surface area (Å²) in [4.78, 5) is 25.4. The number of hydrogen-bond acceptors (Lipinski definition) is 6. The molecular weight excluding hydrogens is 467 g/mol. The first kappa shape index (κ1) is 23.6. The van der Waals surface area contributed by atoms with Crippen molar-refractivity contribution < 1.29 is 22.4 Å². The summed E-state index contributed by atoms with van der Waals surface area (Å²) < 4.78 is 38.0. The van der Waals surface area contributed by atoms with Gasteiger partial charge in [0.05, 0.1) is 16.1 Å². The number of carbonyl (C=O) groups is 1. The quantitative estimate of drug-likeness (QED) is 0.641. The van der Waals surface area contributed by atoms with Crippen LogP contribution in [0.3, 0.4) is 0 Å². The number of aryl methyl sites for hydroxylation is 1. The topological polar surface area (TPSA) is 106 Å². The molecule has 3 rings (SSSR count). The van der Waals surface area contributed by atoms with Crippen LogP contribution in [0.2, 0.25) is 10.0 Å². The average Bonchev–Trinajstić information content (AvgIpc) is 2.67. The molecule has 0 saturated carbocycles. The Kier molecular flexibility index (Phi) is 7.64. The Bertz CT molecular complexity index is 1090. The number of benzene rings is 1. The SMILES string of the molecule is Cc1cc(OC2CCN(C(=O)CCNS(=O)(=O)c3c(Cl)cccc3Cl)CC2)cc(=O)o1. The number of rotatable bonds is 7. The summed E-state index contributed by atoms with van der Waals surface area (Å²) in [6, 6.07) is 7.36. The maximum absolute atomic E-state index is 12.5. The number of nitrogens with zero attached hydrogens (tertiary/aromatic N) is 1. The van der Waals surface area contributed by atoms with Crippen LogP contribution >= 0.6 is 23.2 Å². The van der Waals surface area contributed by atoms with Gasteiger partial charge in [0.15, 0.2) is 0 Å². The van der Waals surface area contributed by atoms with Crippen LogP contribution in [-0.4, -0.2) is 45.0 Å². The molecule has 1 aromatic carbocycles. The molecule has 2 heterocycles. The van der Waals surface area contributed by atoms with Crippen LogP contribution in [0.4, 0.5) is 0 Å². The van der Waals surface area contributed by atoms with Gasteiger partial charge in [0.25, 0.3) is 0 Å². The van der Waals surface area contributed by atoms with Crippen LogP contribution < -0.4 is 15.1 Å². The summed E-state index contributed by atoms with van der Waals surface area (Å²) in [6.07, 6.45) is 1.09. The number of piperidine rings is 1. The third-order valence-electron chi connectivity index (χ3n) is 4.78. The van der Waals surface area contributed by atoms with E-state index in [2.05, 4.69) is 4.72 Å². The van der Waals surface area contributed by atoms with Crippen LogP contribution in [0.15, 0.2) is 44.4 Å². The van der Waals surface area contributed by atoms with Crippen molar-refractivity contribution >= 4 is 39.1 Å². The number of halogens is 2. The van der Waals surface area contributed by atoms with Gasteiger partial charge < -0.3 is 14.1 Å². The van der Waals surface area contributed by atoms with E-state index in [1.54, 1.807) is 24.0 Å². The highest BCUT2D eigenvalue weighted by Crippen LogP contribution is 2.28. The van der Waals surface area contributed by atoms with Crippen molar-refractivity contribution in [2.75, 3.05) is 19.6 Å². The molecule has 1 saturated heterocycles. The Hall–Kier alpha value is -2.07. The van der Waals surface area contributed by atoms with E-state index in [1.807, 2.05) is 0 Å². The number of likely N-dealkylation sites (tertiary alicyclic amines) is 1. The molecule has 0 spiro atoms. The zero-order valence-electron chi connectivity index (χ0n) is 16.8. The summed E-state index contributed by atoms with van der Waals surface area (Å²) in [5, 5.41) is 0.0274. The van der Waals surface area contributed by atoms with E-state index in [9.17, 15) is 18.0 Å². The molecule has 0 aliphatic carbocycles. The monoisotopic (exact) mass is 488 g/mol. The molecule has 1 aromatic heterocycles. The molecule has 11 heteroatoms. The van der Waals surface area contributed by atoms with E-state index in [1.165, 1.54) is 18.2 Å². The van der Waals surface area contributed by atoms with E-state index in [-0.39, 0.29) is 39.9 Å². The molecule has 1 amide bonds.